The van der Waals surface area contributed by atoms with Gasteiger partial charge in [0, 0.05) is 86.8 Å². The third-order valence-electron chi connectivity index (χ3n) is 12.5. The number of carbonyl (C=O) groups is 4. The van der Waals surface area contributed by atoms with E-state index in [1.807, 2.05) is 68.7 Å². The first-order chi connectivity index (χ1) is 32.9. The number of hydrazine groups is 1. The maximum atomic E-state index is 14.0. The van der Waals surface area contributed by atoms with E-state index in [0.29, 0.717) is 62.7 Å². The van der Waals surface area contributed by atoms with Gasteiger partial charge in [-0.3, -0.25) is 19.6 Å². The molecule has 17 nitrogen and oxygen atoms in total. The number of nitrogens with one attached hydrogen (secondary N) is 2. The van der Waals surface area contributed by atoms with Crippen LogP contribution < -0.4 is 15.6 Å². The second-order valence-electron chi connectivity index (χ2n) is 19.5. The largest absolute Gasteiger partial charge is 0.480 e. The number of benzene rings is 2. The number of alkyl carbamates (subject to hydrolysis) is 1. The van der Waals surface area contributed by atoms with Gasteiger partial charge in [0.1, 0.15) is 24.3 Å². The summed E-state index contributed by atoms with van der Waals surface area (Å²) < 4.78 is 19.4. The Morgan fingerprint density at radius 2 is 1.74 bits per heavy atom. The van der Waals surface area contributed by atoms with Crippen molar-refractivity contribution in [1.29, 1.82) is 0 Å². The monoisotopic (exact) mass is 966 g/mol. The fraction of sp³-hybridized carbons (Fsp3) is 0.490. The predicted octanol–water partition coefficient (Wildman–Crippen LogP) is 7.59. The zero-order chi connectivity index (χ0) is 49.6. The molecule has 0 radical (unpaired) electrons. The molecule has 2 aliphatic rings. The number of hydrogen-bond acceptors (Lipinski definition) is 13. The van der Waals surface area contributed by atoms with Gasteiger partial charge >= 0.3 is 18.2 Å². The molecule has 7 rings (SSSR count). The molecule has 2 unspecified atom stereocenters. The highest BCUT2D eigenvalue weighted by atomic mass is 32.1. The quantitative estimate of drug-likeness (QED) is 0.0755. The van der Waals surface area contributed by atoms with Gasteiger partial charge in [-0.25, -0.2) is 20.0 Å². The number of aromatic nitrogens is 3. The summed E-state index contributed by atoms with van der Waals surface area (Å²) in [5.41, 5.74) is 9.59. The summed E-state index contributed by atoms with van der Waals surface area (Å²) in [4.78, 5) is 66.0. The van der Waals surface area contributed by atoms with E-state index in [4.69, 9.17) is 24.2 Å². The van der Waals surface area contributed by atoms with Crippen LogP contribution in [0, 0.1) is 5.41 Å². The Morgan fingerprint density at radius 1 is 1.00 bits per heavy atom. The van der Waals surface area contributed by atoms with Crippen LogP contribution in [-0.4, -0.2) is 123 Å². The number of anilines is 1. The van der Waals surface area contributed by atoms with Crippen LogP contribution in [0.3, 0.4) is 0 Å². The minimum Gasteiger partial charge on any atom is -0.480 e. The Bertz CT molecular complexity index is 2620. The van der Waals surface area contributed by atoms with Gasteiger partial charge in [-0.1, -0.05) is 50.2 Å². The Balaban J connectivity index is 1.21. The van der Waals surface area contributed by atoms with E-state index in [2.05, 4.69) is 45.3 Å². The molecule has 2 saturated heterocycles. The minimum atomic E-state index is -1.09. The molecule has 3 aromatic heterocycles. The summed E-state index contributed by atoms with van der Waals surface area (Å²) in [6, 6.07) is 16.1. The summed E-state index contributed by atoms with van der Waals surface area (Å²) in [5, 5.41) is 27.9. The molecule has 5 heterocycles. The van der Waals surface area contributed by atoms with Crippen LogP contribution in [0.4, 0.5) is 15.3 Å². The number of carboxylic acids is 1. The maximum Gasteiger partial charge on any atom is 0.410 e. The van der Waals surface area contributed by atoms with Crippen LogP contribution in [-0.2, 0) is 49.8 Å². The van der Waals surface area contributed by atoms with Crippen molar-refractivity contribution >= 4 is 52.0 Å². The van der Waals surface area contributed by atoms with Crippen LogP contribution in [0.1, 0.15) is 89.2 Å². The number of aliphatic carboxylic acids is 1. The highest BCUT2D eigenvalue weighted by Gasteiger charge is 2.35. The normalized spacial score (nSPS) is 16.6. The summed E-state index contributed by atoms with van der Waals surface area (Å²) in [6.07, 6.45) is 1.87. The van der Waals surface area contributed by atoms with Crippen molar-refractivity contribution < 1.29 is 43.6 Å². The van der Waals surface area contributed by atoms with Crippen molar-refractivity contribution in [3.63, 3.8) is 0 Å². The number of pyridine rings is 1. The van der Waals surface area contributed by atoms with Crippen molar-refractivity contribution in [2.45, 2.75) is 111 Å². The first-order valence-electron chi connectivity index (χ1n) is 23.6. The van der Waals surface area contributed by atoms with Gasteiger partial charge in [0.15, 0.2) is 0 Å². The molecule has 0 spiro atoms. The summed E-state index contributed by atoms with van der Waals surface area (Å²) in [6.45, 7) is 16.6. The van der Waals surface area contributed by atoms with Gasteiger partial charge < -0.3 is 44.1 Å². The number of aryl methyl sites for hydroxylation is 1. The van der Waals surface area contributed by atoms with Crippen molar-refractivity contribution in [1.82, 2.24) is 35.2 Å². The van der Waals surface area contributed by atoms with Gasteiger partial charge in [0.2, 0.25) is 0 Å². The van der Waals surface area contributed by atoms with E-state index in [1.165, 1.54) is 16.3 Å². The predicted molar refractivity (Wildman–Crippen MR) is 265 cm³/mol. The third-order valence-corrected chi connectivity index (χ3v) is 13.4. The Labute approximate surface area is 407 Å². The zero-order valence-electron chi connectivity index (χ0n) is 40.9. The molecule has 0 bridgehead atoms. The van der Waals surface area contributed by atoms with Crippen LogP contribution in [0.15, 0.2) is 66.2 Å². The molecule has 69 heavy (non-hydrogen) atoms. The number of aliphatic hydroxyl groups excluding tert-OH is 1. The highest BCUT2D eigenvalue weighted by molar-refractivity contribution is 7.10. The second kappa shape index (κ2) is 21.7. The minimum absolute atomic E-state index is 0.0425. The number of piperazine rings is 1. The van der Waals surface area contributed by atoms with Crippen molar-refractivity contribution in [2.75, 3.05) is 51.3 Å². The number of thiazole rings is 1. The van der Waals surface area contributed by atoms with E-state index in [0.717, 1.165) is 50.2 Å². The van der Waals surface area contributed by atoms with Crippen LogP contribution in [0.25, 0.3) is 33.4 Å². The molecule has 18 heteroatoms. The van der Waals surface area contributed by atoms with E-state index in [-0.39, 0.29) is 38.4 Å². The number of hydrogen-bond donors (Lipinski definition) is 4. The number of carbonyl (C=O) groups excluding carboxylic acids is 3. The Hall–Kier alpha value is -6.08. The lowest BCUT2D eigenvalue weighted by atomic mass is 9.84. The molecule has 3 amide bonds. The van der Waals surface area contributed by atoms with E-state index in [9.17, 15) is 29.4 Å². The van der Waals surface area contributed by atoms with Crippen LogP contribution in [0.2, 0.25) is 0 Å². The number of nitrogens with zero attached hydrogens (tertiary/aromatic N) is 6. The molecule has 0 aliphatic carbocycles. The standard InChI is InChI=1S/C51H66N8O9S/c1-9-58-42-18-17-34(41-30-69-43(53-41)26-40(54-48(64)68-50(3,4)5)46(61)59-19-13-16-39(55-59)47(62)63)24-36(42)38(27-51(6,7)31-60)45(58)37-25-35(28-52-44(37)32(2)66-8)56-20-22-57(23-21-56)49(65)67-29-33-14-11-10-12-15-33/h10-12,14-15,17-18,24-25,28,30,32,39-40,55,60H,9,13,16,19-23,26-27,29,31H2,1-8H3,(H,54,64)(H,62,63)/t32?,39-,40?/m0/s1. The fourth-order valence-corrected chi connectivity index (χ4v) is 9.68. The molecular formula is C51H66N8O9S. The average Bonchev–Trinajstić information content (AvgIpc) is 3.93. The SMILES string of the molecule is CCn1c(-c2cc(N3CCN(C(=O)OCc4ccccc4)CC3)cnc2C(C)OC)c(CC(C)(C)CO)c2cc(-c3csc(CC(NC(=O)OC(C)(C)C)C(=O)N4CCC[C@@H](C(=O)O)N4)n3)ccc21. The number of methoxy groups -OCH3 is 1. The first kappa shape index (κ1) is 50.8. The highest BCUT2D eigenvalue weighted by Crippen LogP contribution is 2.43. The first-order valence-corrected chi connectivity index (χ1v) is 24.5. The molecule has 370 valence electrons. The molecule has 2 aromatic carbocycles. The topological polar surface area (TPSA) is 201 Å². The molecule has 0 saturated carbocycles. The molecule has 3 atom stereocenters. The summed E-state index contributed by atoms with van der Waals surface area (Å²) in [5.74, 6) is -1.55. The molecular weight excluding hydrogens is 901 g/mol. The lowest BCUT2D eigenvalue weighted by molar-refractivity contribution is -0.147. The number of fused-ring (bicyclic) bond motifs is 1. The lowest BCUT2D eigenvalue weighted by Gasteiger charge is -2.35. The van der Waals surface area contributed by atoms with Crippen molar-refractivity contribution in [2.24, 2.45) is 5.41 Å². The number of rotatable bonds is 16. The van der Waals surface area contributed by atoms with E-state index >= 15 is 0 Å². The van der Waals surface area contributed by atoms with Gasteiger partial charge in [-0.15, -0.1) is 11.3 Å². The molecule has 2 fully saturated rings. The second-order valence-corrected chi connectivity index (χ2v) is 20.4. The lowest BCUT2D eigenvalue weighted by Crippen LogP contribution is -2.60. The third kappa shape index (κ3) is 12.2. The van der Waals surface area contributed by atoms with Crippen LogP contribution >= 0.6 is 11.3 Å². The number of amides is 3. The van der Waals surface area contributed by atoms with Gasteiger partial charge in [-0.05, 0) is 88.6 Å². The Kier molecular flexibility index (Phi) is 16.0. The van der Waals surface area contributed by atoms with Crippen molar-refractivity contribution in [3.05, 3.63) is 88.0 Å². The van der Waals surface area contributed by atoms with Gasteiger partial charge in [0.25, 0.3) is 5.91 Å². The van der Waals surface area contributed by atoms with Crippen LogP contribution in [0.5, 0.6) is 0 Å². The zero-order valence-corrected chi connectivity index (χ0v) is 41.7. The number of aliphatic hydroxyl groups is 1. The summed E-state index contributed by atoms with van der Waals surface area (Å²) in [7, 11) is 1.67. The van der Waals surface area contributed by atoms with Gasteiger partial charge in [-0.2, -0.15) is 0 Å². The smallest absolute Gasteiger partial charge is 0.410 e. The van der Waals surface area contributed by atoms with Crippen molar-refractivity contribution in [3.8, 4) is 22.5 Å². The maximum absolute atomic E-state index is 14.0. The van der Waals surface area contributed by atoms with E-state index in [1.54, 1.807) is 32.8 Å². The summed E-state index contributed by atoms with van der Waals surface area (Å²) >= 11 is 1.36. The molecule has 4 N–H and O–H groups in total. The molecule has 5 aromatic rings. The number of ether oxygens (including phenoxy) is 3. The molecule has 2 aliphatic heterocycles. The van der Waals surface area contributed by atoms with E-state index < -0.39 is 41.1 Å². The fourth-order valence-electron chi connectivity index (χ4n) is 8.83. The number of carboxylic acid groups (broad SMARTS) is 1. The average molecular weight is 967 g/mol. The Morgan fingerprint density at radius 3 is 2.41 bits per heavy atom. The van der Waals surface area contributed by atoms with Gasteiger partial charge in [0.05, 0.1) is 40.1 Å².